The third kappa shape index (κ3) is 5.83. The van der Waals surface area contributed by atoms with Crippen molar-refractivity contribution in [3.8, 4) is 5.75 Å². The Morgan fingerprint density at radius 1 is 1.04 bits per heavy atom. The van der Waals surface area contributed by atoms with E-state index < -0.39 is 24.0 Å². The number of benzene rings is 2. The molecule has 0 atom stereocenters. The molecular formula is C17H14F3NO4. The molecule has 2 N–H and O–H groups in total. The highest BCUT2D eigenvalue weighted by molar-refractivity contribution is 6.06. The van der Waals surface area contributed by atoms with Crippen molar-refractivity contribution >= 4 is 17.6 Å². The molecule has 25 heavy (non-hydrogen) atoms. The molecule has 0 radical (unpaired) electrons. The first-order chi connectivity index (χ1) is 11.7. The highest BCUT2D eigenvalue weighted by Crippen LogP contribution is 2.27. The lowest BCUT2D eigenvalue weighted by Crippen LogP contribution is -2.20. The Bertz CT molecular complexity index is 757. The Morgan fingerprint density at radius 3 is 2.28 bits per heavy atom. The van der Waals surface area contributed by atoms with Crippen molar-refractivity contribution in [2.45, 2.75) is 19.2 Å². The molecule has 0 unspecified atom stereocenters. The Morgan fingerprint density at radius 2 is 1.68 bits per heavy atom. The molecule has 0 saturated carbocycles. The van der Waals surface area contributed by atoms with Crippen molar-refractivity contribution in [3.63, 3.8) is 0 Å². The zero-order valence-electron chi connectivity index (χ0n) is 12.8. The first-order valence-electron chi connectivity index (χ1n) is 7.21. The Hall–Kier alpha value is -3.03. The van der Waals surface area contributed by atoms with Gasteiger partial charge in [-0.25, -0.2) is 0 Å². The fourth-order valence-corrected chi connectivity index (χ4v) is 2.07. The zero-order valence-corrected chi connectivity index (χ0v) is 12.8. The van der Waals surface area contributed by atoms with Crippen LogP contribution in [-0.4, -0.2) is 23.3 Å². The molecule has 0 aliphatic rings. The molecule has 0 spiro atoms. The van der Waals surface area contributed by atoms with Gasteiger partial charge in [-0.05, 0) is 36.2 Å². The minimum absolute atomic E-state index is 0.0200. The fourth-order valence-electron chi connectivity index (χ4n) is 2.07. The van der Waals surface area contributed by atoms with E-state index in [1.807, 2.05) is 0 Å². The number of ether oxygens (including phenoxy) is 1. The topological polar surface area (TPSA) is 75.6 Å². The van der Waals surface area contributed by atoms with E-state index in [2.05, 4.69) is 10.1 Å². The van der Waals surface area contributed by atoms with Gasteiger partial charge in [0, 0.05) is 12.1 Å². The zero-order chi connectivity index (χ0) is 18.4. The van der Waals surface area contributed by atoms with E-state index >= 15 is 0 Å². The molecule has 0 fully saturated rings. The molecular weight excluding hydrogens is 339 g/mol. The Kier molecular flexibility index (Phi) is 5.63. The van der Waals surface area contributed by atoms with Crippen LogP contribution in [0.5, 0.6) is 5.75 Å². The molecule has 132 valence electrons. The molecule has 8 heteroatoms. The molecule has 2 rings (SSSR count). The number of para-hydroxylation sites is 1. The number of alkyl halides is 3. The fraction of sp³-hybridized carbons (Fsp3) is 0.176. The smallest absolute Gasteiger partial charge is 0.481 e. The van der Waals surface area contributed by atoms with Crippen LogP contribution in [0.3, 0.4) is 0 Å². The molecule has 0 heterocycles. The maximum Gasteiger partial charge on any atom is 0.573 e. The molecule has 0 saturated heterocycles. The van der Waals surface area contributed by atoms with Crippen molar-refractivity contribution in [1.29, 1.82) is 0 Å². The van der Waals surface area contributed by atoms with Crippen molar-refractivity contribution in [1.82, 2.24) is 0 Å². The highest BCUT2D eigenvalue weighted by atomic mass is 19.4. The van der Waals surface area contributed by atoms with Gasteiger partial charge in [0.2, 0.25) is 0 Å². The summed E-state index contributed by atoms with van der Waals surface area (Å²) in [5.74, 6) is -2.26. The van der Waals surface area contributed by atoms with Crippen LogP contribution >= 0.6 is 0 Å². The number of aliphatic carboxylic acids is 1. The number of rotatable bonds is 6. The number of hydrogen-bond acceptors (Lipinski definition) is 3. The van der Waals surface area contributed by atoms with Gasteiger partial charge in [-0.15, -0.1) is 13.2 Å². The van der Waals surface area contributed by atoms with Crippen molar-refractivity contribution in [3.05, 3.63) is 59.7 Å². The minimum atomic E-state index is -4.90. The summed E-state index contributed by atoms with van der Waals surface area (Å²) in [6, 6.07) is 11.4. The standard InChI is InChI=1S/C17H14F3NO4/c18-17(19,20)25-14-4-2-1-3-13(14)16(24)21-12-8-5-11(6-9-12)7-10-15(22)23/h1-6,8-9H,7,10H2,(H,21,24)(H,22,23). The molecule has 0 aliphatic heterocycles. The summed E-state index contributed by atoms with van der Waals surface area (Å²) in [7, 11) is 0. The summed E-state index contributed by atoms with van der Waals surface area (Å²) >= 11 is 0. The quantitative estimate of drug-likeness (QED) is 0.827. The van der Waals surface area contributed by atoms with E-state index in [1.54, 1.807) is 24.3 Å². The van der Waals surface area contributed by atoms with Crippen LogP contribution in [0.15, 0.2) is 48.5 Å². The van der Waals surface area contributed by atoms with Crippen molar-refractivity contribution in [2.24, 2.45) is 0 Å². The van der Waals surface area contributed by atoms with Crippen LogP contribution in [0.2, 0.25) is 0 Å². The number of carboxylic acid groups (broad SMARTS) is 1. The number of nitrogens with one attached hydrogen (secondary N) is 1. The molecule has 5 nitrogen and oxygen atoms in total. The lowest BCUT2D eigenvalue weighted by Gasteiger charge is -2.13. The summed E-state index contributed by atoms with van der Waals surface area (Å²) in [5.41, 5.74) is 0.877. The maximum atomic E-state index is 12.4. The predicted molar refractivity (Wildman–Crippen MR) is 83.5 cm³/mol. The van der Waals surface area contributed by atoms with E-state index in [-0.39, 0.29) is 12.0 Å². The van der Waals surface area contributed by atoms with Gasteiger partial charge < -0.3 is 15.2 Å². The Balaban J connectivity index is 2.08. The van der Waals surface area contributed by atoms with Gasteiger partial charge in [0.25, 0.3) is 5.91 Å². The lowest BCUT2D eigenvalue weighted by molar-refractivity contribution is -0.274. The van der Waals surface area contributed by atoms with Gasteiger partial charge in [-0.1, -0.05) is 24.3 Å². The number of hydrogen-bond donors (Lipinski definition) is 2. The minimum Gasteiger partial charge on any atom is -0.481 e. The molecule has 0 bridgehead atoms. The van der Waals surface area contributed by atoms with E-state index in [4.69, 9.17) is 5.11 Å². The van der Waals surface area contributed by atoms with Gasteiger partial charge in [0.05, 0.1) is 5.56 Å². The molecule has 0 aromatic heterocycles. The average Bonchev–Trinajstić information content (AvgIpc) is 2.53. The first-order valence-corrected chi connectivity index (χ1v) is 7.21. The second-order valence-electron chi connectivity index (χ2n) is 5.09. The normalized spacial score (nSPS) is 11.0. The summed E-state index contributed by atoms with van der Waals surface area (Å²) in [4.78, 5) is 22.7. The molecule has 0 aliphatic carbocycles. The van der Waals surface area contributed by atoms with Crippen LogP contribution < -0.4 is 10.1 Å². The van der Waals surface area contributed by atoms with Crippen LogP contribution in [0.25, 0.3) is 0 Å². The monoisotopic (exact) mass is 353 g/mol. The van der Waals surface area contributed by atoms with E-state index in [9.17, 15) is 22.8 Å². The first kappa shape index (κ1) is 18.3. The predicted octanol–water partition coefficient (Wildman–Crippen LogP) is 3.85. The molecule has 2 aromatic rings. The number of carboxylic acids is 1. The van der Waals surface area contributed by atoms with Crippen LogP contribution in [0.1, 0.15) is 22.3 Å². The second kappa shape index (κ2) is 7.69. The van der Waals surface area contributed by atoms with E-state index in [0.717, 1.165) is 11.6 Å². The number of anilines is 1. The van der Waals surface area contributed by atoms with Gasteiger partial charge >= 0.3 is 12.3 Å². The molecule has 2 aromatic carbocycles. The van der Waals surface area contributed by atoms with E-state index in [1.165, 1.54) is 18.2 Å². The summed E-state index contributed by atoms with van der Waals surface area (Å²) in [5, 5.41) is 11.1. The number of amides is 1. The lowest BCUT2D eigenvalue weighted by atomic mass is 10.1. The number of aryl methyl sites for hydroxylation is 1. The Labute approximate surface area is 141 Å². The van der Waals surface area contributed by atoms with Crippen LogP contribution in [0.4, 0.5) is 18.9 Å². The van der Waals surface area contributed by atoms with Crippen LogP contribution in [-0.2, 0) is 11.2 Å². The summed E-state index contributed by atoms with van der Waals surface area (Å²) < 4.78 is 41.0. The van der Waals surface area contributed by atoms with Crippen molar-refractivity contribution in [2.75, 3.05) is 5.32 Å². The van der Waals surface area contributed by atoms with Crippen LogP contribution in [0, 0.1) is 0 Å². The van der Waals surface area contributed by atoms with Gasteiger partial charge in [-0.3, -0.25) is 9.59 Å². The number of carbonyl (C=O) groups is 2. The summed E-state index contributed by atoms with van der Waals surface area (Å²) in [6.45, 7) is 0. The number of halogens is 3. The number of carbonyl (C=O) groups excluding carboxylic acids is 1. The largest absolute Gasteiger partial charge is 0.573 e. The van der Waals surface area contributed by atoms with E-state index in [0.29, 0.717) is 12.1 Å². The highest BCUT2D eigenvalue weighted by Gasteiger charge is 2.32. The second-order valence-corrected chi connectivity index (χ2v) is 5.09. The SMILES string of the molecule is O=C(O)CCc1ccc(NC(=O)c2ccccc2OC(F)(F)F)cc1. The third-order valence-electron chi connectivity index (χ3n) is 3.20. The summed E-state index contributed by atoms with van der Waals surface area (Å²) in [6.07, 6.45) is -4.58. The molecule has 1 amide bonds. The maximum absolute atomic E-state index is 12.4. The third-order valence-corrected chi connectivity index (χ3v) is 3.20. The van der Waals surface area contributed by atoms with Gasteiger partial charge in [0.15, 0.2) is 0 Å². The van der Waals surface area contributed by atoms with Crippen molar-refractivity contribution < 1.29 is 32.6 Å². The van der Waals surface area contributed by atoms with Gasteiger partial charge in [-0.2, -0.15) is 0 Å². The average molecular weight is 353 g/mol. The van der Waals surface area contributed by atoms with Gasteiger partial charge in [0.1, 0.15) is 5.75 Å².